The van der Waals surface area contributed by atoms with Gasteiger partial charge in [-0.25, -0.2) is 13.9 Å². The number of carbonyl (C=O) groups excluding carboxylic acids is 2. The van der Waals surface area contributed by atoms with Crippen molar-refractivity contribution in [2.24, 2.45) is 5.92 Å². The van der Waals surface area contributed by atoms with E-state index in [4.69, 9.17) is 4.74 Å². The van der Waals surface area contributed by atoms with Gasteiger partial charge in [-0.3, -0.25) is 9.78 Å². The first-order valence-corrected chi connectivity index (χ1v) is 18.0. The number of benzene rings is 2. The van der Waals surface area contributed by atoms with E-state index < -0.39 is 45.1 Å². The third-order valence-corrected chi connectivity index (χ3v) is 10.0. The minimum Gasteiger partial charge on any atom is -0.598 e. The van der Waals surface area contributed by atoms with Crippen LogP contribution in [0.4, 0.5) is 14.9 Å². The molecule has 2 aromatic heterocycles. The summed E-state index contributed by atoms with van der Waals surface area (Å²) in [4.78, 5) is 30.5. The van der Waals surface area contributed by atoms with Crippen LogP contribution in [-0.4, -0.2) is 41.7 Å². The number of aryl methyl sites for hydroxylation is 1. The third kappa shape index (κ3) is 9.29. The molecule has 12 heteroatoms. The van der Waals surface area contributed by atoms with Gasteiger partial charge in [-0.2, -0.15) is 5.10 Å². The molecule has 2 aromatic carbocycles. The van der Waals surface area contributed by atoms with E-state index in [9.17, 15) is 14.1 Å². The molecular formula is C38H47FN6O4S. The summed E-state index contributed by atoms with van der Waals surface area (Å²) in [6.07, 6.45) is 6.67. The highest BCUT2D eigenvalue weighted by atomic mass is 32.2. The number of anilines is 1. The van der Waals surface area contributed by atoms with Crippen LogP contribution in [0.2, 0.25) is 0 Å². The molecule has 0 radical (unpaired) electrons. The highest BCUT2D eigenvalue weighted by Crippen LogP contribution is 2.43. The number of hydrogen-bond donors (Lipinski definition) is 3. The lowest BCUT2D eigenvalue weighted by molar-refractivity contribution is 0.0523. The number of amides is 2. The second-order valence-electron chi connectivity index (χ2n) is 14.9. The Hall–Kier alpha value is -4.26. The summed E-state index contributed by atoms with van der Waals surface area (Å²) in [6.45, 7) is 13.1. The van der Waals surface area contributed by atoms with Crippen molar-refractivity contribution in [2.45, 2.75) is 96.6 Å². The van der Waals surface area contributed by atoms with Crippen LogP contribution in [0.3, 0.4) is 0 Å². The standard InChI is InChI=1S/C38H47FN6O4S/c1-25-20-33(45(43-25)30-12-8-10-27(21-30)23-41-35(47)49-36(2,3)4)34(46)42-32-22-28(15-16-31(32)39)38(18-17-26-13-14-26,29-11-9-19-40-24-29)44-50(48)37(5,6)7/h8-12,15-16,19-22,24,26,44H,13-14,17-18,23H2,1-7H3,(H,41,47)(H,42,46). The van der Waals surface area contributed by atoms with Crippen molar-refractivity contribution in [3.05, 3.63) is 107 Å². The van der Waals surface area contributed by atoms with Crippen molar-refractivity contribution >= 4 is 29.0 Å². The maximum absolute atomic E-state index is 15.6. The van der Waals surface area contributed by atoms with Gasteiger partial charge >= 0.3 is 6.09 Å². The van der Waals surface area contributed by atoms with Gasteiger partial charge in [-0.05, 0) is 120 Å². The number of alkyl carbamates (subject to hydrolysis) is 1. The first-order chi connectivity index (χ1) is 23.5. The normalized spacial score (nSPS) is 15.2. The Bertz CT molecular complexity index is 1820. The molecule has 2 atom stereocenters. The number of aromatic nitrogens is 3. The first-order valence-electron chi connectivity index (χ1n) is 16.9. The van der Waals surface area contributed by atoms with Crippen molar-refractivity contribution in [1.82, 2.24) is 24.8 Å². The molecule has 0 saturated heterocycles. The topological polar surface area (TPSA) is 133 Å². The van der Waals surface area contributed by atoms with Gasteiger partial charge in [0.15, 0.2) is 0 Å². The Morgan fingerprint density at radius 1 is 1.02 bits per heavy atom. The van der Waals surface area contributed by atoms with Gasteiger partial charge in [0, 0.05) is 30.3 Å². The lowest BCUT2D eigenvalue weighted by atomic mass is 9.80. The minimum atomic E-state index is -1.49. The number of halogens is 1. The smallest absolute Gasteiger partial charge is 0.407 e. The number of hydrogen-bond acceptors (Lipinski definition) is 7. The largest absolute Gasteiger partial charge is 0.598 e. The Balaban J connectivity index is 1.46. The van der Waals surface area contributed by atoms with Crippen LogP contribution in [0.5, 0.6) is 0 Å². The van der Waals surface area contributed by atoms with E-state index in [0.29, 0.717) is 29.3 Å². The fourth-order valence-corrected chi connectivity index (χ4v) is 6.56. The molecule has 5 rings (SSSR count). The van der Waals surface area contributed by atoms with Crippen LogP contribution >= 0.6 is 0 Å². The Labute approximate surface area is 296 Å². The van der Waals surface area contributed by atoms with E-state index in [2.05, 4.69) is 25.4 Å². The molecule has 50 heavy (non-hydrogen) atoms. The fraction of sp³-hybridized carbons (Fsp3) is 0.421. The zero-order valence-electron chi connectivity index (χ0n) is 29.8. The summed E-state index contributed by atoms with van der Waals surface area (Å²) >= 11 is -1.49. The molecule has 2 amide bonds. The zero-order valence-corrected chi connectivity index (χ0v) is 30.6. The van der Waals surface area contributed by atoms with E-state index in [-0.39, 0.29) is 17.9 Å². The second kappa shape index (κ2) is 14.9. The zero-order chi connectivity index (χ0) is 36.3. The van der Waals surface area contributed by atoms with Gasteiger partial charge in [0.2, 0.25) is 0 Å². The maximum atomic E-state index is 15.6. The monoisotopic (exact) mass is 702 g/mol. The molecule has 1 fully saturated rings. The number of pyridine rings is 1. The Kier molecular flexibility index (Phi) is 11.0. The quantitative estimate of drug-likeness (QED) is 0.130. The molecule has 2 unspecified atom stereocenters. The van der Waals surface area contributed by atoms with Crippen molar-refractivity contribution in [3.8, 4) is 5.69 Å². The molecule has 266 valence electrons. The number of nitrogens with one attached hydrogen (secondary N) is 3. The van der Waals surface area contributed by atoms with Crippen LogP contribution in [-0.2, 0) is 28.2 Å². The summed E-state index contributed by atoms with van der Waals surface area (Å²) in [5.74, 6) is -0.597. The van der Waals surface area contributed by atoms with Crippen molar-refractivity contribution in [1.29, 1.82) is 0 Å². The molecule has 0 aliphatic heterocycles. The lowest BCUT2D eigenvalue weighted by Gasteiger charge is -2.38. The number of nitrogens with zero attached hydrogens (tertiary/aromatic N) is 3. The average Bonchev–Trinajstić information content (AvgIpc) is 3.80. The lowest BCUT2D eigenvalue weighted by Crippen LogP contribution is -2.52. The van der Waals surface area contributed by atoms with Gasteiger partial charge in [0.25, 0.3) is 5.91 Å². The summed E-state index contributed by atoms with van der Waals surface area (Å²) in [6, 6.07) is 17.3. The first kappa shape index (κ1) is 37.0. The average molecular weight is 703 g/mol. The third-order valence-electron chi connectivity index (χ3n) is 8.36. The molecule has 0 spiro atoms. The molecule has 4 aromatic rings. The summed E-state index contributed by atoms with van der Waals surface area (Å²) in [7, 11) is 0. The summed E-state index contributed by atoms with van der Waals surface area (Å²) in [5, 5.41) is 10.1. The van der Waals surface area contributed by atoms with Gasteiger partial charge in [0.05, 0.1) is 17.1 Å². The van der Waals surface area contributed by atoms with Gasteiger partial charge in [-0.1, -0.05) is 37.1 Å². The molecule has 0 bridgehead atoms. The van der Waals surface area contributed by atoms with Crippen LogP contribution < -0.4 is 15.4 Å². The van der Waals surface area contributed by atoms with Gasteiger partial charge in [0.1, 0.15) is 27.4 Å². The van der Waals surface area contributed by atoms with Gasteiger partial charge < -0.3 is 19.9 Å². The van der Waals surface area contributed by atoms with Crippen LogP contribution in [0.25, 0.3) is 5.69 Å². The van der Waals surface area contributed by atoms with Crippen molar-refractivity contribution in [3.63, 3.8) is 0 Å². The fourth-order valence-electron chi connectivity index (χ4n) is 5.60. The number of rotatable bonds is 12. The van der Waals surface area contributed by atoms with Crippen LogP contribution in [0.1, 0.15) is 100 Å². The Morgan fingerprint density at radius 3 is 2.44 bits per heavy atom. The van der Waals surface area contributed by atoms with Crippen LogP contribution in [0.15, 0.2) is 73.1 Å². The molecule has 1 aliphatic rings. The summed E-state index contributed by atoms with van der Waals surface area (Å²) in [5.41, 5.74) is 2.00. The molecular weight excluding hydrogens is 656 g/mol. The van der Waals surface area contributed by atoms with Crippen LogP contribution in [0, 0.1) is 18.7 Å². The van der Waals surface area contributed by atoms with Crippen molar-refractivity contribution in [2.75, 3.05) is 5.32 Å². The highest BCUT2D eigenvalue weighted by molar-refractivity contribution is 7.90. The Morgan fingerprint density at radius 2 is 1.78 bits per heavy atom. The maximum Gasteiger partial charge on any atom is 0.407 e. The molecule has 10 nitrogen and oxygen atoms in total. The summed E-state index contributed by atoms with van der Waals surface area (Å²) < 4.78 is 39.0. The second-order valence-corrected chi connectivity index (χ2v) is 16.8. The van der Waals surface area contributed by atoms with Gasteiger partial charge in [-0.15, -0.1) is 4.72 Å². The molecule has 1 aliphatic carbocycles. The molecule has 2 heterocycles. The van der Waals surface area contributed by atoms with Crippen molar-refractivity contribution < 1.29 is 23.3 Å². The van der Waals surface area contributed by atoms with E-state index >= 15 is 4.39 Å². The van der Waals surface area contributed by atoms with E-state index in [1.807, 2.05) is 45.0 Å². The SMILES string of the molecule is Cc1cc(C(=O)Nc2cc(C(CCC3CC3)(N[S+]([O-])C(C)(C)C)c3cccnc3)ccc2F)n(-c2cccc(CNC(=O)OC(C)(C)C)c2)n1. The number of ether oxygens (including phenoxy) is 1. The van der Waals surface area contributed by atoms with E-state index in [1.165, 1.54) is 10.7 Å². The van der Waals surface area contributed by atoms with E-state index in [0.717, 1.165) is 30.4 Å². The predicted octanol–water partition coefficient (Wildman–Crippen LogP) is 7.48. The minimum absolute atomic E-state index is 0.0174. The predicted molar refractivity (Wildman–Crippen MR) is 194 cm³/mol. The number of carbonyl (C=O) groups is 2. The highest BCUT2D eigenvalue weighted by Gasteiger charge is 2.43. The van der Waals surface area contributed by atoms with E-state index in [1.54, 1.807) is 70.4 Å². The molecule has 1 saturated carbocycles. The molecule has 3 N–H and O–H groups in total.